The van der Waals surface area contributed by atoms with Gasteiger partial charge in [0.2, 0.25) is 11.8 Å². The number of ether oxygens (including phenoxy) is 2. The van der Waals surface area contributed by atoms with Gasteiger partial charge in [-0.3, -0.25) is 14.6 Å². The summed E-state index contributed by atoms with van der Waals surface area (Å²) < 4.78 is 10.5. The number of pyridine rings is 1. The Bertz CT molecular complexity index is 844. The first-order valence-electron chi connectivity index (χ1n) is 8.41. The summed E-state index contributed by atoms with van der Waals surface area (Å²) in [5.41, 5.74) is 1.42. The van der Waals surface area contributed by atoms with E-state index in [1.807, 2.05) is 12.1 Å². The van der Waals surface area contributed by atoms with Crippen LogP contribution in [0.25, 0.3) is 0 Å². The predicted molar refractivity (Wildman–Crippen MR) is 101 cm³/mol. The van der Waals surface area contributed by atoms with E-state index in [2.05, 4.69) is 10.3 Å². The highest BCUT2D eigenvalue weighted by Gasteiger charge is 2.34. The molecule has 7 nitrogen and oxygen atoms in total. The van der Waals surface area contributed by atoms with Crippen molar-refractivity contribution in [2.75, 3.05) is 26.1 Å². The van der Waals surface area contributed by atoms with Crippen LogP contribution in [0.15, 0.2) is 36.7 Å². The van der Waals surface area contributed by atoms with Gasteiger partial charge in [-0.1, -0.05) is 11.6 Å². The molecule has 1 aromatic heterocycles. The van der Waals surface area contributed by atoms with Gasteiger partial charge in [-0.25, -0.2) is 0 Å². The molecule has 1 aliphatic heterocycles. The first kappa shape index (κ1) is 19.0. The molecule has 1 unspecified atom stereocenters. The maximum atomic E-state index is 12.7. The molecule has 1 fully saturated rings. The summed E-state index contributed by atoms with van der Waals surface area (Å²) in [5, 5.41) is 3.20. The first-order valence-corrected chi connectivity index (χ1v) is 8.78. The van der Waals surface area contributed by atoms with E-state index in [1.165, 1.54) is 14.2 Å². The van der Waals surface area contributed by atoms with Gasteiger partial charge in [0.05, 0.1) is 30.8 Å². The molecule has 2 aromatic rings. The summed E-state index contributed by atoms with van der Waals surface area (Å²) >= 11 is 6.09. The van der Waals surface area contributed by atoms with Gasteiger partial charge < -0.3 is 19.7 Å². The van der Waals surface area contributed by atoms with Crippen LogP contribution in [-0.2, 0) is 16.1 Å². The number of rotatable bonds is 6. The third-order valence-electron chi connectivity index (χ3n) is 4.44. The van der Waals surface area contributed by atoms with Gasteiger partial charge >= 0.3 is 0 Å². The van der Waals surface area contributed by atoms with Crippen LogP contribution < -0.4 is 14.8 Å². The number of halogens is 1. The van der Waals surface area contributed by atoms with Crippen LogP contribution in [-0.4, -0.2) is 42.5 Å². The maximum Gasteiger partial charge on any atom is 0.229 e. The summed E-state index contributed by atoms with van der Waals surface area (Å²) in [4.78, 5) is 30.6. The Morgan fingerprint density at radius 3 is 2.63 bits per heavy atom. The summed E-state index contributed by atoms with van der Waals surface area (Å²) in [6.07, 6.45) is 3.53. The van der Waals surface area contributed by atoms with E-state index < -0.39 is 5.92 Å². The molecule has 1 atom stereocenters. The van der Waals surface area contributed by atoms with Gasteiger partial charge in [0.1, 0.15) is 11.5 Å². The highest BCUT2D eigenvalue weighted by Crippen LogP contribution is 2.36. The highest BCUT2D eigenvalue weighted by molar-refractivity contribution is 6.32. The number of hydrogen-bond donors (Lipinski definition) is 1. The number of nitrogens with zero attached hydrogens (tertiary/aromatic N) is 2. The van der Waals surface area contributed by atoms with Crippen molar-refractivity contribution in [3.63, 3.8) is 0 Å². The van der Waals surface area contributed by atoms with Gasteiger partial charge in [0.25, 0.3) is 0 Å². The summed E-state index contributed by atoms with van der Waals surface area (Å²) in [7, 11) is 2.98. The Morgan fingerprint density at radius 2 is 1.96 bits per heavy atom. The lowest BCUT2D eigenvalue weighted by molar-refractivity contribution is -0.128. The standard InChI is InChI=1S/C19H20ClN3O4/c1-26-16-9-15(17(27-2)8-14(16)20)22-19(25)13-7-18(24)23(11-13)10-12-3-5-21-6-4-12/h3-6,8-9,13H,7,10-11H2,1-2H3,(H,22,25). The van der Waals surface area contributed by atoms with Crippen molar-refractivity contribution in [1.29, 1.82) is 0 Å². The molecule has 2 heterocycles. The molecule has 142 valence electrons. The third-order valence-corrected chi connectivity index (χ3v) is 4.74. The van der Waals surface area contributed by atoms with Crippen LogP contribution in [0.2, 0.25) is 5.02 Å². The van der Waals surface area contributed by atoms with Gasteiger partial charge in [-0.15, -0.1) is 0 Å². The van der Waals surface area contributed by atoms with Crippen molar-refractivity contribution in [1.82, 2.24) is 9.88 Å². The molecule has 2 amide bonds. The van der Waals surface area contributed by atoms with Crippen LogP contribution >= 0.6 is 11.6 Å². The Balaban J connectivity index is 1.69. The second kappa shape index (κ2) is 8.26. The average Bonchev–Trinajstić information content (AvgIpc) is 3.04. The first-order chi connectivity index (χ1) is 13.0. The van der Waals surface area contributed by atoms with Gasteiger partial charge in [0, 0.05) is 44.0 Å². The average molecular weight is 390 g/mol. The lowest BCUT2D eigenvalue weighted by Gasteiger charge is -2.17. The molecule has 1 saturated heterocycles. The van der Waals surface area contributed by atoms with E-state index in [0.717, 1.165) is 5.56 Å². The molecular formula is C19H20ClN3O4. The zero-order valence-electron chi connectivity index (χ0n) is 15.1. The molecule has 8 heteroatoms. The van der Waals surface area contributed by atoms with E-state index in [9.17, 15) is 9.59 Å². The van der Waals surface area contributed by atoms with E-state index >= 15 is 0 Å². The number of methoxy groups -OCH3 is 2. The van der Waals surface area contributed by atoms with Crippen LogP contribution in [0.5, 0.6) is 11.5 Å². The van der Waals surface area contributed by atoms with Crippen LogP contribution in [0, 0.1) is 5.92 Å². The molecule has 1 N–H and O–H groups in total. The lowest BCUT2D eigenvalue weighted by atomic mass is 10.1. The molecule has 3 rings (SSSR count). The number of amides is 2. The fourth-order valence-corrected chi connectivity index (χ4v) is 3.23. The van der Waals surface area contributed by atoms with Crippen molar-refractivity contribution in [3.05, 3.63) is 47.2 Å². The minimum absolute atomic E-state index is 0.0485. The second-order valence-corrected chi connectivity index (χ2v) is 6.61. The smallest absolute Gasteiger partial charge is 0.229 e. The molecule has 0 spiro atoms. The van der Waals surface area contributed by atoms with Crippen molar-refractivity contribution < 1.29 is 19.1 Å². The van der Waals surface area contributed by atoms with Crippen molar-refractivity contribution >= 4 is 29.1 Å². The lowest BCUT2D eigenvalue weighted by Crippen LogP contribution is -2.28. The van der Waals surface area contributed by atoms with Gasteiger partial charge in [-0.05, 0) is 17.7 Å². The zero-order valence-corrected chi connectivity index (χ0v) is 15.8. The topological polar surface area (TPSA) is 80.8 Å². The van der Waals surface area contributed by atoms with Crippen molar-refractivity contribution in [3.8, 4) is 11.5 Å². The monoisotopic (exact) mass is 389 g/mol. The molecular weight excluding hydrogens is 370 g/mol. The fourth-order valence-electron chi connectivity index (χ4n) is 3.00. The van der Waals surface area contributed by atoms with Crippen molar-refractivity contribution in [2.24, 2.45) is 5.92 Å². The maximum absolute atomic E-state index is 12.7. The Labute approximate surface area is 162 Å². The predicted octanol–water partition coefficient (Wildman–Crippen LogP) is 2.74. The number of nitrogens with one attached hydrogen (secondary N) is 1. The molecule has 0 saturated carbocycles. The zero-order chi connectivity index (χ0) is 19.4. The van der Waals surface area contributed by atoms with Crippen LogP contribution in [0.1, 0.15) is 12.0 Å². The molecule has 1 aromatic carbocycles. The Morgan fingerprint density at radius 1 is 1.26 bits per heavy atom. The van der Waals surface area contributed by atoms with Crippen LogP contribution in [0.4, 0.5) is 5.69 Å². The van der Waals surface area contributed by atoms with Gasteiger partial charge in [-0.2, -0.15) is 0 Å². The fraction of sp³-hybridized carbons (Fsp3) is 0.316. The second-order valence-electron chi connectivity index (χ2n) is 6.21. The van der Waals surface area contributed by atoms with Gasteiger partial charge in [0.15, 0.2) is 0 Å². The largest absolute Gasteiger partial charge is 0.495 e. The Hall–Kier alpha value is -2.80. The molecule has 0 radical (unpaired) electrons. The van der Waals surface area contributed by atoms with E-state index in [1.54, 1.807) is 29.4 Å². The minimum Gasteiger partial charge on any atom is -0.495 e. The number of hydrogen-bond acceptors (Lipinski definition) is 5. The van der Waals surface area contributed by atoms with E-state index in [-0.39, 0.29) is 18.2 Å². The minimum atomic E-state index is -0.439. The number of anilines is 1. The number of aromatic nitrogens is 1. The number of benzene rings is 1. The molecule has 27 heavy (non-hydrogen) atoms. The molecule has 1 aliphatic rings. The highest BCUT2D eigenvalue weighted by atomic mass is 35.5. The van der Waals surface area contributed by atoms with Crippen molar-refractivity contribution in [2.45, 2.75) is 13.0 Å². The normalized spacial score (nSPS) is 16.3. The van der Waals surface area contributed by atoms with Crippen LogP contribution in [0.3, 0.4) is 0 Å². The summed E-state index contributed by atoms with van der Waals surface area (Å²) in [5.74, 6) is 0.114. The SMILES string of the molecule is COc1cc(NC(=O)C2CC(=O)N(Cc3ccncc3)C2)c(OC)cc1Cl. The van der Waals surface area contributed by atoms with E-state index in [4.69, 9.17) is 21.1 Å². The Kier molecular flexibility index (Phi) is 5.81. The summed E-state index contributed by atoms with van der Waals surface area (Å²) in [6, 6.07) is 6.88. The molecule has 0 aliphatic carbocycles. The molecule has 0 bridgehead atoms. The number of likely N-dealkylation sites (tertiary alicyclic amines) is 1. The quantitative estimate of drug-likeness (QED) is 0.821. The summed E-state index contributed by atoms with van der Waals surface area (Å²) in [6.45, 7) is 0.823. The number of carbonyl (C=O) groups is 2. The number of carbonyl (C=O) groups excluding carboxylic acids is 2. The third kappa shape index (κ3) is 4.31. The van der Waals surface area contributed by atoms with E-state index in [0.29, 0.717) is 35.3 Å².